The number of carbonyl (C=O) groups excluding carboxylic acids is 5. The zero-order valence-corrected chi connectivity index (χ0v) is 15.9. The van der Waals surface area contributed by atoms with Crippen molar-refractivity contribution in [3.63, 3.8) is 0 Å². The van der Waals surface area contributed by atoms with Gasteiger partial charge in [-0.3, -0.25) is 24.1 Å². The predicted octanol–water partition coefficient (Wildman–Crippen LogP) is -0.519. The van der Waals surface area contributed by atoms with Crippen LogP contribution in [0.25, 0.3) is 0 Å². The third kappa shape index (κ3) is 6.59. The molecule has 2 N–H and O–H groups in total. The van der Waals surface area contributed by atoms with Gasteiger partial charge in [-0.2, -0.15) is 0 Å². The number of nitrogens with zero attached hydrogens (tertiary/aromatic N) is 2. The fraction of sp³-hybridized carbons (Fsp3) is 0.722. The molecule has 2 aliphatic heterocycles. The number of rotatable bonds is 10. The Balaban J connectivity index is 1.54. The van der Waals surface area contributed by atoms with Crippen LogP contribution in [0.2, 0.25) is 0 Å². The van der Waals surface area contributed by atoms with Gasteiger partial charge in [0.25, 0.3) is 11.8 Å². The summed E-state index contributed by atoms with van der Waals surface area (Å²) in [4.78, 5) is 64.9. The maximum Gasteiger partial charge on any atom is 0.334 e. The highest BCUT2D eigenvalue weighted by molar-refractivity contribution is 6.01. The van der Waals surface area contributed by atoms with Gasteiger partial charge >= 0.3 is 5.97 Å². The molecule has 0 aromatic rings. The van der Waals surface area contributed by atoms with E-state index in [1.165, 1.54) is 0 Å². The van der Waals surface area contributed by atoms with Crippen LogP contribution < -0.4 is 10.6 Å². The number of imide groups is 1. The average molecular weight is 406 g/mol. The summed E-state index contributed by atoms with van der Waals surface area (Å²) >= 11 is 0. The first-order chi connectivity index (χ1) is 13.9. The Labute approximate surface area is 165 Å². The molecule has 2 saturated heterocycles. The van der Waals surface area contributed by atoms with Gasteiger partial charge in [0.05, 0.1) is 13.0 Å². The van der Waals surface area contributed by atoms with E-state index in [1.54, 1.807) is 0 Å². The molecule has 0 aromatic heterocycles. The van der Waals surface area contributed by atoms with E-state index in [2.05, 4.69) is 15.5 Å². The van der Waals surface area contributed by atoms with Crippen LogP contribution in [0, 0.1) is 0 Å². The number of carbonyl (C=O) groups is 5. The van der Waals surface area contributed by atoms with E-state index in [9.17, 15) is 24.0 Å². The highest BCUT2D eigenvalue weighted by Gasteiger charge is 2.32. The summed E-state index contributed by atoms with van der Waals surface area (Å²) in [5.41, 5.74) is 0. The Morgan fingerprint density at radius 3 is 2.50 bits per heavy atom. The van der Waals surface area contributed by atoms with Gasteiger partial charge in [0, 0.05) is 39.8 Å². The monoisotopic (exact) mass is 406 g/mol. The Hall–Kier alpha value is -2.49. The molecule has 2 heterocycles. The van der Waals surface area contributed by atoms with Crippen LogP contribution in [0.15, 0.2) is 0 Å². The van der Waals surface area contributed by atoms with Crippen LogP contribution in [0.3, 0.4) is 0 Å². The van der Waals surface area contributed by atoms with Crippen LogP contribution in [0.4, 0.5) is 0 Å². The summed E-state index contributed by atoms with van der Waals surface area (Å²) in [7, 11) is 0. The Bertz CT molecular complexity index is 628. The van der Waals surface area contributed by atoms with Gasteiger partial charge in [-0.05, 0) is 25.8 Å². The second kappa shape index (κ2) is 10.7. The summed E-state index contributed by atoms with van der Waals surface area (Å²) in [5, 5.41) is 5.69. The molecule has 0 spiro atoms. The first-order valence-electron chi connectivity index (χ1n) is 10.2. The molecule has 4 amide bonds. The summed E-state index contributed by atoms with van der Waals surface area (Å²) in [6.45, 7) is 1.66. The lowest BCUT2D eigenvalue weighted by molar-refractivity contribution is -0.197. The lowest BCUT2D eigenvalue weighted by Gasteiger charge is -2.22. The van der Waals surface area contributed by atoms with Crippen LogP contribution >= 0.6 is 0 Å². The van der Waals surface area contributed by atoms with Crippen molar-refractivity contribution in [1.29, 1.82) is 0 Å². The molecule has 0 radical (unpaired) electrons. The van der Waals surface area contributed by atoms with Crippen molar-refractivity contribution in [3.8, 4) is 0 Å². The second-order valence-corrected chi connectivity index (χ2v) is 6.80. The number of nitrogens with one attached hydrogen (secondary N) is 2. The molecule has 0 aromatic carbocycles. The zero-order chi connectivity index (χ0) is 21.2. The topological polar surface area (TPSA) is 125 Å². The smallest absolute Gasteiger partial charge is 0.334 e. The number of likely N-dealkylation sites (tertiary alicyclic amines) is 1. The summed E-state index contributed by atoms with van der Waals surface area (Å²) in [5.74, 6) is -2.38. The molecule has 0 bridgehead atoms. The highest BCUT2D eigenvalue weighted by Crippen LogP contribution is 2.18. The van der Waals surface area contributed by atoms with Crippen molar-refractivity contribution in [2.24, 2.45) is 0 Å². The quantitative estimate of drug-likeness (QED) is 0.369. The summed E-state index contributed by atoms with van der Waals surface area (Å²) in [6.07, 6.45) is 2.74. The van der Waals surface area contributed by atoms with Gasteiger partial charge < -0.3 is 15.5 Å². The molecule has 1 unspecified atom stereocenters. The molecule has 2 aliphatic rings. The van der Waals surface area contributed by atoms with E-state index in [0.29, 0.717) is 12.0 Å². The van der Waals surface area contributed by atoms with E-state index in [0.717, 1.165) is 25.8 Å². The largest absolute Gasteiger partial charge is 0.355 e. The number of amides is 4. The standard InChI is InChI=1S/C18H28N4O6/c1-2-13-4-3-11-21(13)12-15(24)20-9-7-14(23)19-10-8-18(27)28-22-16(25)5-6-17(22)26/h13H,2-12H2,1H3,(H,19,23)(H,20,24)/i1+1D,2+1,3+1,4+1,11+1,12+1,13+1,15+1,18+1. The molecule has 156 valence electrons. The van der Waals surface area contributed by atoms with Gasteiger partial charge in [-0.1, -0.05) is 6.90 Å². The first kappa shape index (κ1) is 20.2. The van der Waals surface area contributed by atoms with Crippen molar-refractivity contribution in [3.05, 3.63) is 0 Å². The maximum atomic E-state index is 12.0. The fourth-order valence-electron chi connectivity index (χ4n) is 3.18. The molecular weight excluding hydrogens is 377 g/mol. The van der Waals surface area contributed by atoms with Crippen LogP contribution in [-0.4, -0.2) is 71.8 Å². The summed E-state index contributed by atoms with van der Waals surface area (Å²) < 4.78 is 7.32. The Morgan fingerprint density at radius 1 is 1.11 bits per heavy atom. The minimum absolute atomic E-state index is 0.00438. The van der Waals surface area contributed by atoms with E-state index < -0.39 is 17.8 Å². The number of hydroxylamine groups is 2. The van der Waals surface area contributed by atoms with Crippen molar-refractivity contribution in [2.75, 3.05) is 26.2 Å². The fourth-order valence-corrected chi connectivity index (χ4v) is 3.18. The molecule has 10 heteroatoms. The van der Waals surface area contributed by atoms with Crippen LogP contribution in [0.1, 0.15) is 53.2 Å². The predicted molar refractivity (Wildman–Crippen MR) is 97.3 cm³/mol. The third-order valence-electron chi connectivity index (χ3n) is 4.70. The van der Waals surface area contributed by atoms with E-state index in [-0.39, 0.29) is 63.2 Å². The zero-order valence-electron chi connectivity index (χ0n) is 16.9. The van der Waals surface area contributed by atoms with Gasteiger partial charge in [-0.15, -0.1) is 5.06 Å². The lowest BCUT2D eigenvalue weighted by atomic mass is 10.4. The number of hydrogen-bond donors (Lipinski definition) is 2. The molecule has 0 aliphatic carbocycles. The molecule has 0 saturated carbocycles. The minimum atomic E-state index is -0.782. The molecule has 1 atom stereocenters. The van der Waals surface area contributed by atoms with Crippen molar-refractivity contribution >= 4 is 29.6 Å². The van der Waals surface area contributed by atoms with E-state index in [4.69, 9.17) is 6.21 Å². The van der Waals surface area contributed by atoms with Gasteiger partial charge in [0.15, 0.2) is 0 Å². The Kier molecular flexibility index (Phi) is 7.77. The highest BCUT2D eigenvalue weighted by atomic mass is 16.8. The van der Waals surface area contributed by atoms with Crippen LogP contribution in [-0.2, 0) is 28.8 Å². The average Bonchev–Trinajstić information content (AvgIpc) is 3.23. The normalized spacial score (nSPS) is 20.2. The SMILES string of the molecule is [2H][13CH2][13CH2][13CH]1[13CH2][13CH2][13CH2]N1[13CH2][13C](=O)NCCC(=O)NCC[13C](=O)ON1C(=O)CCC1=O. The minimum Gasteiger partial charge on any atom is -0.355 e. The lowest BCUT2D eigenvalue weighted by Crippen LogP contribution is -2.40. The van der Waals surface area contributed by atoms with Crippen molar-refractivity contribution < 1.29 is 30.2 Å². The summed E-state index contributed by atoms with van der Waals surface area (Å²) in [6, 6.07) is 0.285. The van der Waals surface area contributed by atoms with Crippen molar-refractivity contribution in [2.45, 2.75) is 57.9 Å². The molecule has 2 fully saturated rings. The third-order valence-corrected chi connectivity index (χ3v) is 4.70. The van der Waals surface area contributed by atoms with Gasteiger partial charge in [-0.25, -0.2) is 4.79 Å². The van der Waals surface area contributed by atoms with Crippen LogP contribution in [0.5, 0.6) is 0 Å². The second-order valence-electron chi connectivity index (χ2n) is 6.80. The number of hydrogen-bond acceptors (Lipinski definition) is 7. The van der Waals surface area contributed by atoms with Crippen molar-refractivity contribution in [1.82, 2.24) is 20.6 Å². The van der Waals surface area contributed by atoms with Gasteiger partial charge in [0.2, 0.25) is 11.8 Å². The van der Waals surface area contributed by atoms with E-state index >= 15 is 0 Å². The van der Waals surface area contributed by atoms with E-state index in [1.807, 2.05) is 0 Å². The molecule has 2 rings (SSSR count). The molecule has 28 heavy (non-hydrogen) atoms. The first-order valence-corrected chi connectivity index (χ1v) is 9.54. The molecule has 10 nitrogen and oxygen atoms in total. The Morgan fingerprint density at radius 2 is 1.79 bits per heavy atom. The molecular formula is C18H28N4O6. The van der Waals surface area contributed by atoms with Gasteiger partial charge in [0.1, 0.15) is 0 Å². The maximum absolute atomic E-state index is 12.0.